The molecule has 2 aromatic rings. The smallest absolute Gasteiger partial charge is 0.251 e. The summed E-state index contributed by atoms with van der Waals surface area (Å²) in [6.45, 7) is 6.29. The van der Waals surface area contributed by atoms with Crippen molar-refractivity contribution in [3.63, 3.8) is 0 Å². The Morgan fingerprint density at radius 1 is 1.14 bits per heavy atom. The zero-order chi connectivity index (χ0) is 20.7. The van der Waals surface area contributed by atoms with Gasteiger partial charge in [-0.3, -0.25) is 9.59 Å². The highest BCUT2D eigenvalue weighted by Gasteiger charge is 2.15. The van der Waals surface area contributed by atoms with Crippen LogP contribution in [-0.2, 0) is 11.3 Å². The van der Waals surface area contributed by atoms with Crippen LogP contribution < -0.4 is 20.1 Å². The monoisotopic (exact) mass is 404 g/mol. The van der Waals surface area contributed by atoms with Crippen molar-refractivity contribution in [2.45, 2.75) is 27.3 Å². The molecule has 6 nitrogen and oxygen atoms in total. The van der Waals surface area contributed by atoms with Crippen molar-refractivity contribution in [3.05, 3.63) is 52.5 Å². The molecule has 150 valence electrons. The number of methoxy groups -OCH3 is 1. The summed E-state index contributed by atoms with van der Waals surface area (Å²) in [4.78, 5) is 24.2. The number of nitrogens with one attached hydrogen (secondary N) is 2. The van der Waals surface area contributed by atoms with E-state index < -0.39 is 0 Å². The number of benzene rings is 2. The normalized spacial score (nSPS) is 10.5. The van der Waals surface area contributed by atoms with Crippen LogP contribution in [0.25, 0.3) is 0 Å². The second-order valence-corrected chi connectivity index (χ2v) is 6.85. The van der Waals surface area contributed by atoms with Crippen molar-refractivity contribution in [3.8, 4) is 11.5 Å². The first-order valence-electron chi connectivity index (χ1n) is 9.04. The van der Waals surface area contributed by atoms with Crippen LogP contribution in [0.5, 0.6) is 11.5 Å². The van der Waals surface area contributed by atoms with Gasteiger partial charge < -0.3 is 20.1 Å². The number of rotatable bonds is 8. The SMILES string of the molecule is CCOc1c(Cl)cc(C(=O)NCc2ccc(NC(=O)C(C)C)cc2)cc1OC. The lowest BCUT2D eigenvalue weighted by Gasteiger charge is -2.13. The highest BCUT2D eigenvalue weighted by Crippen LogP contribution is 2.36. The van der Waals surface area contributed by atoms with Crippen molar-refractivity contribution in [2.75, 3.05) is 19.0 Å². The van der Waals surface area contributed by atoms with Gasteiger partial charge in [0.25, 0.3) is 5.91 Å². The Morgan fingerprint density at radius 2 is 1.82 bits per heavy atom. The van der Waals surface area contributed by atoms with E-state index in [0.717, 1.165) is 11.3 Å². The molecule has 0 heterocycles. The van der Waals surface area contributed by atoms with Gasteiger partial charge in [-0.05, 0) is 36.8 Å². The van der Waals surface area contributed by atoms with E-state index in [-0.39, 0.29) is 17.7 Å². The summed E-state index contributed by atoms with van der Waals surface area (Å²) in [7, 11) is 1.50. The maximum atomic E-state index is 12.5. The molecule has 0 aliphatic carbocycles. The summed E-state index contributed by atoms with van der Waals surface area (Å²) in [5, 5.41) is 5.99. The predicted octanol–water partition coefficient (Wildman–Crippen LogP) is 4.27. The molecule has 0 unspecified atom stereocenters. The van der Waals surface area contributed by atoms with Crippen LogP contribution in [0.2, 0.25) is 5.02 Å². The van der Waals surface area contributed by atoms with Crippen LogP contribution in [-0.4, -0.2) is 25.5 Å². The van der Waals surface area contributed by atoms with Crippen LogP contribution in [0.15, 0.2) is 36.4 Å². The fourth-order valence-electron chi connectivity index (χ4n) is 2.41. The third-order valence-corrected chi connectivity index (χ3v) is 4.26. The Balaban J connectivity index is 2.02. The molecule has 28 heavy (non-hydrogen) atoms. The minimum atomic E-state index is -0.277. The summed E-state index contributed by atoms with van der Waals surface area (Å²) in [5.41, 5.74) is 2.00. The average Bonchev–Trinajstić information content (AvgIpc) is 2.68. The maximum absolute atomic E-state index is 12.5. The third-order valence-electron chi connectivity index (χ3n) is 3.98. The van der Waals surface area contributed by atoms with Gasteiger partial charge in [0.1, 0.15) is 0 Å². The van der Waals surface area contributed by atoms with Crippen molar-refractivity contribution in [1.29, 1.82) is 0 Å². The van der Waals surface area contributed by atoms with Crippen LogP contribution >= 0.6 is 11.6 Å². The lowest BCUT2D eigenvalue weighted by molar-refractivity contribution is -0.118. The highest BCUT2D eigenvalue weighted by atomic mass is 35.5. The quantitative estimate of drug-likeness (QED) is 0.688. The van der Waals surface area contributed by atoms with Gasteiger partial charge in [-0.15, -0.1) is 0 Å². The molecule has 0 saturated carbocycles. The summed E-state index contributed by atoms with van der Waals surface area (Å²) >= 11 is 6.21. The topological polar surface area (TPSA) is 76.7 Å². The van der Waals surface area contributed by atoms with E-state index in [0.29, 0.717) is 35.2 Å². The Hall–Kier alpha value is -2.73. The lowest BCUT2D eigenvalue weighted by Crippen LogP contribution is -2.23. The van der Waals surface area contributed by atoms with Crippen molar-refractivity contribution in [1.82, 2.24) is 5.32 Å². The van der Waals surface area contributed by atoms with E-state index in [2.05, 4.69) is 10.6 Å². The fourth-order valence-corrected chi connectivity index (χ4v) is 2.68. The van der Waals surface area contributed by atoms with E-state index >= 15 is 0 Å². The summed E-state index contributed by atoms with van der Waals surface area (Å²) in [6.07, 6.45) is 0. The number of hydrogen-bond donors (Lipinski definition) is 2. The molecule has 0 aromatic heterocycles. The Labute approximate surface area is 170 Å². The first-order valence-corrected chi connectivity index (χ1v) is 9.41. The van der Waals surface area contributed by atoms with E-state index in [1.807, 2.05) is 32.9 Å². The van der Waals surface area contributed by atoms with Gasteiger partial charge in [-0.25, -0.2) is 0 Å². The van der Waals surface area contributed by atoms with Gasteiger partial charge in [-0.2, -0.15) is 0 Å². The van der Waals surface area contributed by atoms with Crippen molar-refractivity contribution >= 4 is 29.1 Å². The van der Waals surface area contributed by atoms with Gasteiger partial charge in [0.2, 0.25) is 5.91 Å². The van der Waals surface area contributed by atoms with Gasteiger partial charge >= 0.3 is 0 Å². The molecule has 2 amide bonds. The maximum Gasteiger partial charge on any atom is 0.251 e. The van der Waals surface area contributed by atoms with E-state index in [1.165, 1.54) is 7.11 Å². The number of carbonyl (C=O) groups is 2. The van der Waals surface area contributed by atoms with Crippen molar-refractivity contribution in [2.24, 2.45) is 5.92 Å². The minimum Gasteiger partial charge on any atom is -0.493 e. The lowest BCUT2D eigenvalue weighted by atomic mass is 10.1. The second kappa shape index (κ2) is 9.99. The minimum absolute atomic E-state index is 0.0395. The molecule has 0 fully saturated rings. The molecular weight excluding hydrogens is 380 g/mol. The van der Waals surface area contributed by atoms with Gasteiger partial charge in [0.05, 0.1) is 18.7 Å². The summed E-state index contributed by atoms with van der Waals surface area (Å²) in [6, 6.07) is 10.5. The van der Waals surface area contributed by atoms with Crippen LogP contribution in [0.1, 0.15) is 36.7 Å². The van der Waals surface area contributed by atoms with Gasteiger partial charge in [0.15, 0.2) is 11.5 Å². The molecule has 7 heteroatoms. The molecule has 0 aliphatic rings. The van der Waals surface area contributed by atoms with Gasteiger partial charge in [-0.1, -0.05) is 37.6 Å². The zero-order valence-corrected chi connectivity index (χ0v) is 17.2. The highest BCUT2D eigenvalue weighted by molar-refractivity contribution is 6.32. The molecule has 0 saturated heterocycles. The largest absolute Gasteiger partial charge is 0.493 e. The second-order valence-electron chi connectivity index (χ2n) is 6.45. The molecule has 2 N–H and O–H groups in total. The molecular formula is C21H25ClN2O4. The van der Waals surface area contributed by atoms with Crippen LogP contribution in [0.4, 0.5) is 5.69 Å². The molecule has 2 aromatic carbocycles. The molecule has 0 aliphatic heterocycles. The fraction of sp³-hybridized carbons (Fsp3) is 0.333. The Kier molecular flexibility index (Phi) is 7.70. The number of halogens is 1. The number of ether oxygens (including phenoxy) is 2. The summed E-state index contributed by atoms with van der Waals surface area (Å²) < 4.78 is 10.7. The predicted molar refractivity (Wildman–Crippen MR) is 110 cm³/mol. The first-order chi connectivity index (χ1) is 13.3. The molecule has 2 rings (SSSR count). The number of amides is 2. The third kappa shape index (κ3) is 5.63. The Morgan fingerprint density at radius 3 is 2.39 bits per heavy atom. The van der Waals surface area contributed by atoms with E-state index in [9.17, 15) is 9.59 Å². The van der Waals surface area contributed by atoms with Crippen molar-refractivity contribution < 1.29 is 19.1 Å². The average molecular weight is 405 g/mol. The molecule has 0 atom stereocenters. The van der Waals surface area contributed by atoms with Crippen LogP contribution in [0, 0.1) is 5.92 Å². The standard InChI is InChI=1S/C21H25ClN2O4/c1-5-28-19-17(22)10-15(11-18(19)27-4)21(26)23-12-14-6-8-16(9-7-14)24-20(25)13(2)3/h6-11,13H,5,12H2,1-4H3,(H,23,26)(H,24,25). The Bertz CT molecular complexity index is 835. The number of anilines is 1. The summed E-state index contributed by atoms with van der Waals surface area (Å²) in [5.74, 6) is 0.423. The van der Waals surface area contributed by atoms with E-state index in [4.69, 9.17) is 21.1 Å². The first kappa shape index (κ1) is 21.6. The number of hydrogen-bond acceptors (Lipinski definition) is 4. The van der Waals surface area contributed by atoms with E-state index in [1.54, 1.807) is 24.3 Å². The molecule has 0 bridgehead atoms. The molecule has 0 spiro atoms. The number of carbonyl (C=O) groups excluding carboxylic acids is 2. The van der Waals surface area contributed by atoms with Crippen LogP contribution in [0.3, 0.4) is 0 Å². The molecule has 0 radical (unpaired) electrons. The zero-order valence-electron chi connectivity index (χ0n) is 16.5. The van der Waals surface area contributed by atoms with Gasteiger partial charge in [0, 0.05) is 23.7 Å².